The Hall–Kier alpha value is -2.69. The largest absolute Gasteiger partial charge is 0.398 e. The summed E-state index contributed by atoms with van der Waals surface area (Å²) in [5.74, 6) is -6.20. The van der Waals surface area contributed by atoms with Crippen molar-refractivity contribution in [3.8, 4) is 0 Å². The number of nitrogens with zero attached hydrogens (tertiary/aromatic N) is 1. The SMILES string of the molecule is CN(C(=O)NC(=O)c1cccc(F)c1F)c1ccc(SCC(F)(F)F)cc1F. The third-order valence-corrected chi connectivity index (χ3v) is 4.46. The van der Waals surface area contributed by atoms with Gasteiger partial charge < -0.3 is 0 Å². The topological polar surface area (TPSA) is 49.4 Å². The van der Waals surface area contributed by atoms with Crippen LogP contribution in [0.3, 0.4) is 0 Å². The first-order chi connectivity index (χ1) is 13.0. The fraction of sp³-hybridized carbons (Fsp3) is 0.176. The average molecular weight is 422 g/mol. The van der Waals surface area contributed by atoms with E-state index in [2.05, 4.69) is 0 Å². The van der Waals surface area contributed by atoms with E-state index >= 15 is 0 Å². The van der Waals surface area contributed by atoms with Crippen LogP contribution in [0, 0.1) is 17.5 Å². The number of carbonyl (C=O) groups excluding carboxylic acids is 2. The number of rotatable bonds is 4. The highest BCUT2D eigenvalue weighted by Crippen LogP contribution is 2.30. The number of hydrogen-bond acceptors (Lipinski definition) is 3. The van der Waals surface area contributed by atoms with Gasteiger partial charge in [0.25, 0.3) is 5.91 Å². The molecular formula is C17H12F6N2O2S. The number of alkyl halides is 3. The molecule has 0 saturated carbocycles. The lowest BCUT2D eigenvalue weighted by molar-refractivity contribution is -0.105. The molecule has 0 aliphatic heterocycles. The van der Waals surface area contributed by atoms with E-state index in [0.29, 0.717) is 16.7 Å². The predicted octanol–water partition coefficient (Wildman–Crippen LogP) is 4.74. The number of halogens is 6. The van der Waals surface area contributed by atoms with Crippen LogP contribution in [0.4, 0.5) is 36.8 Å². The molecule has 0 atom stereocenters. The van der Waals surface area contributed by atoms with Crippen molar-refractivity contribution in [3.05, 3.63) is 59.4 Å². The summed E-state index contributed by atoms with van der Waals surface area (Å²) in [5, 5.41) is 1.77. The van der Waals surface area contributed by atoms with Gasteiger partial charge in [0.2, 0.25) is 0 Å². The van der Waals surface area contributed by atoms with Crippen LogP contribution in [0.1, 0.15) is 10.4 Å². The molecule has 0 aliphatic carbocycles. The number of amides is 3. The summed E-state index contributed by atoms with van der Waals surface area (Å²) >= 11 is 0.366. The molecule has 0 spiro atoms. The summed E-state index contributed by atoms with van der Waals surface area (Å²) in [6, 6.07) is 4.70. The van der Waals surface area contributed by atoms with E-state index in [-0.39, 0.29) is 10.6 Å². The van der Waals surface area contributed by atoms with Crippen molar-refractivity contribution >= 4 is 29.4 Å². The first-order valence-electron chi connectivity index (χ1n) is 7.51. The lowest BCUT2D eigenvalue weighted by Crippen LogP contribution is -2.41. The predicted molar refractivity (Wildman–Crippen MR) is 90.8 cm³/mol. The monoisotopic (exact) mass is 422 g/mol. The van der Waals surface area contributed by atoms with Gasteiger partial charge in [-0.3, -0.25) is 15.0 Å². The summed E-state index contributed by atoms with van der Waals surface area (Å²) in [5.41, 5.74) is -1.05. The summed E-state index contributed by atoms with van der Waals surface area (Å²) in [6.45, 7) is 0. The number of imide groups is 1. The number of hydrogen-bond donors (Lipinski definition) is 1. The standard InChI is InChI=1S/C17H12F6N2O2S/c1-25(13-6-5-9(7-12(13)19)28-8-17(21,22)23)16(27)24-15(26)10-3-2-4-11(18)14(10)20/h2-7H,8H2,1H3,(H,24,26,27). The molecule has 2 aromatic carbocycles. The van der Waals surface area contributed by atoms with Crippen molar-refractivity contribution < 1.29 is 35.9 Å². The highest BCUT2D eigenvalue weighted by atomic mass is 32.2. The molecule has 0 unspecified atom stereocenters. The van der Waals surface area contributed by atoms with Crippen LogP contribution in [-0.2, 0) is 0 Å². The second-order valence-electron chi connectivity index (χ2n) is 5.44. The number of nitrogens with one attached hydrogen (secondary N) is 1. The molecule has 0 aromatic heterocycles. The molecule has 0 heterocycles. The third kappa shape index (κ3) is 5.41. The van der Waals surface area contributed by atoms with Crippen LogP contribution < -0.4 is 10.2 Å². The molecule has 2 rings (SSSR count). The molecule has 3 amide bonds. The van der Waals surface area contributed by atoms with Crippen molar-refractivity contribution in [1.29, 1.82) is 0 Å². The first kappa shape index (κ1) is 21.6. The van der Waals surface area contributed by atoms with Gasteiger partial charge in [0.1, 0.15) is 5.82 Å². The van der Waals surface area contributed by atoms with E-state index in [4.69, 9.17) is 0 Å². The maximum absolute atomic E-state index is 14.1. The molecule has 1 N–H and O–H groups in total. The van der Waals surface area contributed by atoms with E-state index in [1.54, 1.807) is 5.32 Å². The van der Waals surface area contributed by atoms with Crippen LogP contribution in [0.25, 0.3) is 0 Å². The van der Waals surface area contributed by atoms with Gasteiger partial charge in [-0.25, -0.2) is 18.0 Å². The van der Waals surface area contributed by atoms with E-state index < -0.39 is 46.9 Å². The zero-order chi connectivity index (χ0) is 21.1. The Labute approximate surface area is 159 Å². The van der Waals surface area contributed by atoms with Crippen LogP contribution in [0.15, 0.2) is 41.3 Å². The van der Waals surface area contributed by atoms with Gasteiger partial charge in [0, 0.05) is 11.9 Å². The number of urea groups is 1. The minimum atomic E-state index is -4.43. The Balaban J connectivity index is 2.10. The second-order valence-corrected chi connectivity index (χ2v) is 6.49. The van der Waals surface area contributed by atoms with Crippen LogP contribution >= 0.6 is 11.8 Å². The molecule has 0 saturated heterocycles. The van der Waals surface area contributed by atoms with E-state index in [9.17, 15) is 35.9 Å². The van der Waals surface area contributed by atoms with Gasteiger partial charge in [0.05, 0.1) is 17.0 Å². The average Bonchev–Trinajstić information content (AvgIpc) is 2.61. The Morgan fingerprint density at radius 3 is 2.36 bits per heavy atom. The minimum absolute atomic E-state index is 0.00899. The van der Waals surface area contributed by atoms with Crippen molar-refractivity contribution in [1.82, 2.24) is 5.32 Å². The summed E-state index contributed by atoms with van der Waals surface area (Å²) < 4.78 is 77.5. The number of anilines is 1. The zero-order valence-electron chi connectivity index (χ0n) is 14.1. The van der Waals surface area contributed by atoms with Crippen molar-refractivity contribution in [2.45, 2.75) is 11.1 Å². The normalized spacial score (nSPS) is 11.2. The molecule has 0 fully saturated rings. The summed E-state index contributed by atoms with van der Waals surface area (Å²) in [4.78, 5) is 24.6. The molecule has 4 nitrogen and oxygen atoms in total. The lowest BCUT2D eigenvalue weighted by Gasteiger charge is -2.19. The highest BCUT2D eigenvalue weighted by molar-refractivity contribution is 7.99. The molecular weight excluding hydrogens is 410 g/mol. The van der Waals surface area contributed by atoms with Crippen molar-refractivity contribution in [2.24, 2.45) is 0 Å². The number of thioether (sulfide) groups is 1. The van der Waals surface area contributed by atoms with Crippen molar-refractivity contribution in [3.63, 3.8) is 0 Å². The fourth-order valence-corrected chi connectivity index (χ4v) is 2.73. The van der Waals surface area contributed by atoms with Crippen LogP contribution in [-0.4, -0.2) is 30.9 Å². The third-order valence-electron chi connectivity index (χ3n) is 3.40. The number of benzene rings is 2. The lowest BCUT2D eigenvalue weighted by atomic mass is 10.2. The molecule has 2 aromatic rings. The Morgan fingerprint density at radius 2 is 1.75 bits per heavy atom. The minimum Gasteiger partial charge on any atom is -0.294 e. The summed E-state index contributed by atoms with van der Waals surface area (Å²) in [6.07, 6.45) is -4.43. The Bertz CT molecular complexity index is 904. The van der Waals surface area contributed by atoms with Gasteiger partial charge in [-0.1, -0.05) is 6.07 Å². The molecule has 11 heteroatoms. The van der Waals surface area contributed by atoms with Gasteiger partial charge in [-0.05, 0) is 30.3 Å². The zero-order valence-corrected chi connectivity index (χ0v) is 14.9. The maximum atomic E-state index is 14.1. The fourth-order valence-electron chi connectivity index (χ4n) is 2.05. The highest BCUT2D eigenvalue weighted by Gasteiger charge is 2.27. The van der Waals surface area contributed by atoms with Crippen LogP contribution in [0.5, 0.6) is 0 Å². The van der Waals surface area contributed by atoms with Crippen LogP contribution in [0.2, 0.25) is 0 Å². The summed E-state index contributed by atoms with van der Waals surface area (Å²) in [7, 11) is 1.09. The van der Waals surface area contributed by atoms with E-state index in [0.717, 1.165) is 37.4 Å². The maximum Gasteiger partial charge on any atom is 0.398 e. The smallest absolute Gasteiger partial charge is 0.294 e. The Morgan fingerprint density at radius 1 is 1.07 bits per heavy atom. The molecule has 28 heavy (non-hydrogen) atoms. The Kier molecular flexibility index (Phi) is 6.60. The van der Waals surface area contributed by atoms with E-state index in [1.807, 2.05) is 0 Å². The quantitative estimate of drug-likeness (QED) is 0.572. The first-order valence-corrected chi connectivity index (χ1v) is 8.50. The number of carbonyl (C=O) groups is 2. The van der Waals surface area contributed by atoms with Gasteiger partial charge >= 0.3 is 12.2 Å². The molecule has 0 aliphatic rings. The molecule has 0 bridgehead atoms. The second kappa shape index (κ2) is 8.55. The van der Waals surface area contributed by atoms with Gasteiger partial charge in [-0.15, -0.1) is 11.8 Å². The molecule has 150 valence electrons. The van der Waals surface area contributed by atoms with Gasteiger partial charge in [-0.2, -0.15) is 13.2 Å². The van der Waals surface area contributed by atoms with Crippen molar-refractivity contribution in [2.75, 3.05) is 17.7 Å². The van der Waals surface area contributed by atoms with Gasteiger partial charge in [0.15, 0.2) is 11.6 Å². The molecule has 0 radical (unpaired) electrons. The van der Waals surface area contributed by atoms with E-state index in [1.165, 1.54) is 6.07 Å².